The number of benzene rings is 1. The average molecular weight is 289 g/mol. The van der Waals surface area contributed by atoms with E-state index < -0.39 is 0 Å². The summed E-state index contributed by atoms with van der Waals surface area (Å²) in [5, 5.41) is 7.42. The number of methoxy groups -OCH3 is 1. The minimum Gasteiger partial charge on any atom is -0.383 e. The second-order valence-electron chi connectivity index (χ2n) is 5.12. The van der Waals surface area contributed by atoms with Crippen LogP contribution in [0, 0.1) is 6.92 Å². The molecule has 2 rings (SSSR count). The van der Waals surface area contributed by atoms with Crippen LogP contribution in [0.2, 0.25) is 0 Å². The number of hydrogen-bond acceptors (Lipinski definition) is 5. The highest BCUT2D eigenvalue weighted by atomic mass is 16.5. The fraction of sp³-hybridized carbons (Fsp3) is 0.500. The highest BCUT2D eigenvalue weighted by molar-refractivity contribution is 5.27. The van der Waals surface area contributed by atoms with Crippen molar-refractivity contribution < 1.29 is 9.26 Å². The molecule has 5 heteroatoms. The quantitative estimate of drug-likeness (QED) is 0.806. The molecule has 1 heterocycles. The van der Waals surface area contributed by atoms with E-state index >= 15 is 0 Å². The van der Waals surface area contributed by atoms with E-state index in [2.05, 4.69) is 41.4 Å². The highest BCUT2D eigenvalue weighted by Gasteiger charge is 2.14. The van der Waals surface area contributed by atoms with E-state index in [9.17, 15) is 0 Å². The van der Waals surface area contributed by atoms with Crippen LogP contribution >= 0.6 is 0 Å². The zero-order chi connectivity index (χ0) is 15.1. The first-order valence-electron chi connectivity index (χ1n) is 7.31. The number of aryl methyl sites for hydroxylation is 1. The van der Waals surface area contributed by atoms with Gasteiger partial charge in [0.15, 0.2) is 5.82 Å². The van der Waals surface area contributed by atoms with Gasteiger partial charge in [0.1, 0.15) is 0 Å². The van der Waals surface area contributed by atoms with Crippen molar-refractivity contribution in [3.8, 4) is 0 Å². The Morgan fingerprint density at radius 3 is 2.86 bits per heavy atom. The van der Waals surface area contributed by atoms with Gasteiger partial charge in [-0.25, -0.2) is 0 Å². The Morgan fingerprint density at radius 2 is 2.14 bits per heavy atom. The second kappa shape index (κ2) is 7.90. The third kappa shape index (κ3) is 4.65. The first-order chi connectivity index (χ1) is 10.2. The summed E-state index contributed by atoms with van der Waals surface area (Å²) < 4.78 is 10.5. The SMILES string of the molecule is CCNC(COC)Cc1nc(Cc2ccccc2C)no1. The van der Waals surface area contributed by atoms with Gasteiger partial charge in [-0.2, -0.15) is 4.98 Å². The number of ether oxygens (including phenoxy) is 1. The molecule has 1 N–H and O–H groups in total. The third-order valence-corrected chi connectivity index (χ3v) is 3.40. The van der Waals surface area contributed by atoms with Crippen molar-refractivity contribution in [2.75, 3.05) is 20.3 Å². The standard InChI is InChI=1S/C16H23N3O2/c1-4-17-14(11-20-3)10-16-18-15(19-21-16)9-13-8-6-5-7-12(13)2/h5-8,14,17H,4,9-11H2,1-3H3. The number of aromatic nitrogens is 2. The number of rotatable bonds is 8. The maximum Gasteiger partial charge on any atom is 0.228 e. The molecule has 0 saturated heterocycles. The predicted molar refractivity (Wildman–Crippen MR) is 81.3 cm³/mol. The van der Waals surface area contributed by atoms with Gasteiger partial charge in [-0.3, -0.25) is 0 Å². The minimum absolute atomic E-state index is 0.201. The Bertz CT molecular complexity index is 548. The van der Waals surface area contributed by atoms with Crippen LogP contribution in [-0.4, -0.2) is 36.4 Å². The van der Waals surface area contributed by atoms with Crippen molar-refractivity contribution in [3.63, 3.8) is 0 Å². The summed E-state index contributed by atoms with van der Waals surface area (Å²) in [5.41, 5.74) is 2.47. The largest absolute Gasteiger partial charge is 0.383 e. The van der Waals surface area contributed by atoms with Crippen LogP contribution in [-0.2, 0) is 17.6 Å². The molecule has 2 aromatic rings. The van der Waals surface area contributed by atoms with Crippen LogP contribution < -0.4 is 5.32 Å². The molecule has 5 nitrogen and oxygen atoms in total. The first kappa shape index (κ1) is 15.7. The van der Waals surface area contributed by atoms with E-state index in [-0.39, 0.29) is 6.04 Å². The number of nitrogens with zero attached hydrogens (tertiary/aromatic N) is 2. The van der Waals surface area contributed by atoms with E-state index in [4.69, 9.17) is 9.26 Å². The smallest absolute Gasteiger partial charge is 0.228 e. The fourth-order valence-electron chi connectivity index (χ4n) is 2.31. The first-order valence-corrected chi connectivity index (χ1v) is 7.31. The molecule has 0 saturated carbocycles. The molecule has 0 bridgehead atoms. The Kier molecular flexibility index (Phi) is 5.90. The van der Waals surface area contributed by atoms with Crippen molar-refractivity contribution in [2.24, 2.45) is 0 Å². The summed E-state index contributed by atoms with van der Waals surface area (Å²) in [6.45, 7) is 5.68. The molecule has 1 aromatic carbocycles. The average Bonchev–Trinajstić information content (AvgIpc) is 2.89. The molecular weight excluding hydrogens is 266 g/mol. The predicted octanol–water partition coefficient (Wildman–Crippen LogP) is 2.14. The van der Waals surface area contributed by atoms with Crippen LogP contribution in [0.5, 0.6) is 0 Å². The molecule has 21 heavy (non-hydrogen) atoms. The van der Waals surface area contributed by atoms with Gasteiger partial charge >= 0.3 is 0 Å². The van der Waals surface area contributed by atoms with Crippen LogP contribution in [0.25, 0.3) is 0 Å². The molecule has 0 aliphatic carbocycles. The Morgan fingerprint density at radius 1 is 1.33 bits per heavy atom. The molecule has 1 aromatic heterocycles. The van der Waals surface area contributed by atoms with E-state index in [1.807, 2.05) is 12.1 Å². The van der Waals surface area contributed by atoms with Gasteiger partial charge in [0.25, 0.3) is 0 Å². The van der Waals surface area contributed by atoms with Gasteiger partial charge in [0, 0.05) is 26.0 Å². The molecule has 0 amide bonds. The Balaban J connectivity index is 1.99. The molecule has 1 atom stereocenters. The zero-order valence-electron chi connectivity index (χ0n) is 12.9. The minimum atomic E-state index is 0.201. The second-order valence-corrected chi connectivity index (χ2v) is 5.12. The Labute approximate surface area is 125 Å². The third-order valence-electron chi connectivity index (χ3n) is 3.40. The van der Waals surface area contributed by atoms with Crippen molar-refractivity contribution in [1.29, 1.82) is 0 Å². The van der Waals surface area contributed by atoms with E-state index in [1.165, 1.54) is 11.1 Å². The number of likely N-dealkylation sites (N-methyl/N-ethyl adjacent to an activating group) is 1. The van der Waals surface area contributed by atoms with Crippen LogP contribution in [0.1, 0.15) is 29.8 Å². The maximum atomic E-state index is 5.34. The van der Waals surface area contributed by atoms with Gasteiger partial charge in [-0.05, 0) is 24.6 Å². The van der Waals surface area contributed by atoms with Crippen molar-refractivity contribution in [3.05, 3.63) is 47.1 Å². The van der Waals surface area contributed by atoms with E-state index in [0.29, 0.717) is 25.3 Å². The fourth-order valence-corrected chi connectivity index (χ4v) is 2.31. The molecule has 1 unspecified atom stereocenters. The normalized spacial score (nSPS) is 12.5. The molecule has 0 aliphatic rings. The summed E-state index contributed by atoms with van der Waals surface area (Å²) >= 11 is 0. The number of hydrogen-bond donors (Lipinski definition) is 1. The molecule has 0 spiro atoms. The lowest BCUT2D eigenvalue weighted by atomic mass is 10.1. The lowest BCUT2D eigenvalue weighted by molar-refractivity contribution is 0.162. The van der Waals surface area contributed by atoms with E-state index in [0.717, 1.165) is 12.4 Å². The van der Waals surface area contributed by atoms with Gasteiger partial charge in [0.05, 0.1) is 6.61 Å². The Hall–Kier alpha value is -1.72. The summed E-state index contributed by atoms with van der Waals surface area (Å²) in [7, 11) is 1.70. The van der Waals surface area contributed by atoms with Gasteiger partial charge in [-0.1, -0.05) is 36.3 Å². The van der Waals surface area contributed by atoms with Crippen molar-refractivity contribution in [2.45, 2.75) is 32.7 Å². The zero-order valence-corrected chi connectivity index (χ0v) is 12.9. The monoisotopic (exact) mass is 289 g/mol. The van der Waals surface area contributed by atoms with E-state index in [1.54, 1.807) is 7.11 Å². The summed E-state index contributed by atoms with van der Waals surface area (Å²) in [5.74, 6) is 1.38. The molecule has 114 valence electrons. The van der Waals surface area contributed by atoms with Crippen molar-refractivity contribution in [1.82, 2.24) is 15.5 Å². The van der Waals surface area contributed by atoms with Gasteiger partial charge in [-0.15, -0.1) is 0 Å². The van der Waals surface area contributed by atoms with Crippen LogP contribution in [0.4, 0.5) is 0 Å². The van der Waals surface area contributed by atoms with Gasteiger partial charge < -0.3 is 14.6 Å². The highest BCUT2D eigenvalue weighted by Crippen LogP contribution is 2.12. The van der Waals surface area contributed by atoms with Crippen LogP contribution in [0.15, 0.2) is 28.8 Å². The molecule has 0 fully saturated rings. The topological polar surface area (TPSA) is 60.2 Å². The lowest BCUT2D eigenvalue weighted by Gasteiger charge is -2.14. The number of nitrogens with one attached hydrogen (secondary N) is 1. The summed E-state index contributed by atoms with van der Waals surface area (Å²) in [6, 6.07) is 8.45. The maximum absolute atomic E-state index is 5.34. The lowest BCUT2D eigenvalue weighted by Crippen LogP contribution is -2.35. The molecule has 0 radical (unpaired) electrons. The van der Waals surface area contributed by atoms with Crippen molar-refractivity contribution >= 4 is 0 Å². The summed E-state index contributed by atoms with van der Waals surface area (Å²) in [4.78, 5) is 4.48. The molecular formula is C16H23N3O2. The van der Waals surface area contributed by atoms with Crippen LogP contribution in [0.3, 0.4) is 0 Å². The van der Waals surface area contributed by atoms with Gasteiger partial charge in [0.2, 0.25) is 5.89 Å². The molecule has 0 aliphatic heterocycles. The summed E-state index contributed by atoms with van der Waals surface area (Å²) in [6.07, 6.45) is 1.38.